The highest BCUT2D eigenvalue weighted by Gasteiger charge is 2.24. The lowest BCUT2D eigenvalue weighted by atomic mass is 9.93. The minimum absolute atomic E-state index is 0.220. The predicted molar refractivity (Wildman–Crippen MR) is 82.7 cm³/mol. The van der Waals surface area contributed by atoms with Crippen LogP contribution in [0.3, 0.4) is 0 Å². The highest BCUT2D eigenvalue weighted by molar-refractivity contribution is 5.79. The normalized spacial score (nSPS) is 16.9. The van der Waals surface area contributed by atoms with Gasteiger partial charge in [-0.25, -0.2) is 9.50 Å². The summed E-state index contributed by atoms with van der Waals surface area (Å²) in [6.45, 7) is 7.77. The number of carbonyl (C=O) groups excluding carboxylic acids is 1. The van der Waals surface area contributed by atoms with E-state index in [9.17, 15) is 4.79 Å². The van der Waals surface area contributed by atoms with E-state index in [1.807, 2.05) is 10.7 Å². The van der Waals surface area contributed by atoms with Crippen LogP contribution in [0.1, 0.15) is 45.2 Å². The maximum Gasteiger partial charge on any atom is 0.154 e. The molecule has 5 heteroatoms. The van der Waals surface area contributed by atoms with E-state index in [1.165, 1.54) is 0 Å². The van der Waals surface area contributed by atoms with Crippen LogP contribution in [0.4, 0.5) is 5.82 Å². The van der Waals surface area contributed by atoms with Crippen molar-refractivity contribution in [2.45, 2.75) is 39.5 Å². The van der Waals surface area contributed by atoms with Crippen LogP contribution < -0.4 is 4.90 Å². The zero-order chi connectivity index (χ0) is 15.0. The third-order valence-electron chi connectivity index (χ3n) is 4.35. The number of ketones is 1. The molecule has 0 aromatic carbocycles. The van der Waals surface area contributed by atoms with Crippen LogP contribution in [0.2, 0.25) is 0 Å². The summed E-state index contributed by atoms with van der Waals surface area (Å²) in [4.78, 5) is 18.3. The third kappa shape index (κ3) is 2.64. The maximum atomic E-state index is 11.5. The largest absolute Gasteiger partial charge is 0.355 e. The maximum absolute atomic E-state index is 11.5. The second-order valence-corrected chi connectivity index (χ2v) is 6.18. The molecule has 3 heterocycles. The molecule has 5 nitrogen and oxygen atoms in total. The van der Waals surface area contributed by atoms with E-state index in [-0.39, 0.29) is 5.92 Å². The van der Waals surface area contributed by atoms with Crippen molar-refractivity contribution in [3.05, 3.63) is 24.2 Å². The van der Waals surface area contributed by atoms with Gasteiger partial charge in [-0.2, -0.15) is 5.10 Å². The van der Waals surface area contributed by atoms with Crippen molar-refractivity contribution in [2.75, 3.05) is 18.0 Å². The van der Waals surface area contributed by atoms with Crippen molar-refractivity contribution in [3.63, 3.8) is 0 Å². The smallest absolute Gasteiger partial charge is 0.154 e. The molecule has 1 aliphatic rings. The fraction of sp³-hybridized carbons (Fsp3) is 0.562. The number of carbonyl (C=O) groups is 1. The fourth-order valence-corrected chi connectivity index (χ4v) is 2.95. The van der Waals surface area contributed by atoms with E-state index in [2.05, 4.69) is 34.9 Å². The zero-order valence-electron chi connectivity index (χ0n) is 12.9. The van der Waals surface area contributed by atoms with E-state index in [0.29, 0.717) is 11.7 Å². The molecular weight excluding hydrogens is 264 g/mol. The Morgan fingerprint density at radius 3 is 2.67 bits per heavy atom. The summed E-state index contributed by atoms with van der Waals surface area (Å²) in [6.07, 6.45) is 5.54. The minimum atomic E-state index is 0.220. The molecule has 0 bridgehead atoms. The first kappa shape index (κ1) is 14.0. The number of piperidine rings is 1. The summed E-state index contributed by atoms with van der Waals surface area (Å²) < 4.78 is 1.91. The van der Waals surface area contributed by atoms with Gasteiger partial charge in [0.2, 0.25) is 0 Å². The van der Waals surface area contributed by atoms with Crippen LogP contribution in [0, 0.1) is 5.92 Å². The molecule has 2 aromatic heterocycles. The second kappa shape index (κ2) is 5.47. The number of hydrogen-bond donors (Lipinski definition) is 0. The molecule has 0 aliphatic carbocycles. The van der Waals surface area contributed by atoms with Crippen LogP contribution in [-0.4, -0.2) is 33.5 Å². The molecule has 112 valence electrons. The molecule has 21 heavy (non-hydrogen) atoms. The van der Waals surface area contributed by atoms with Crippen molar-refractivity contribution in [3.8, 4) is 0 Å². The Morgan fingerprint density at radius 2 is 2.05 bits per heavy atom. The second-order valence-electron chi connectivity index (χ2n) is 6.18. The Kier molecular flexibility index (Phi) is 3.66. The lowest BCUT2D eigenvalue weighted by Crippen LogP contribution is -2.36. The number of nitrogens with zero attached hydrogens (tertiary/aromatic N) is 4. The number of hydrogen-bond acceptors (Lipinski definition) is 4. The summed E-state index contributed by atoms with van der Waals surface area (Å²) in [5.41, 5.74) is 2.14. The molecule has 2 aromatic rings. The topological polar surface area (TPSA) is 50.5 Å². The average molecular weight is 286 g/mol. The Morgan fingerprint density at radius 1 is 1.33 bits per heavy atom. The monoisotopic (exact) mass is 286 g/mol. The van der Waals surface area contributed by atoms with Gasteiger partial charge in [-0.15, -0.1) is 0 Å². The highest BCUT2D eigenvalue weighted by atomic mass is 16.1. The van der Waals surface area contributed by atoms with E-state index in [4.69, 9.17) is 0 Å². The molecule has 0 amide bonds. The van der Waals surface area contributed by atoms with Gasteiger partial charge >= 0.3 is 0 Å². The summed E-state index contributed by atoms with van der Waals surface area (Å²) in [7, 11) is 0. The van der Waals surface area contributed by atoms with Gasteiger partial charge in [-0.3, -0.25) is 4.79 Å². The number of fused-ring (bicyclic) bond motifs is 1. The molecule has 3 rings (SSSR count). The Balaban J connectivity index is 1.89. The van der Waals surface area contributed by atoms with Gasteiger partial charge in [0, 0.05) is 31.4 Å². The van der Waals surface area contributed by atoms with E-state index in [0.717, 1.165) is 43.0 Å². The quantitative estimate of drug-likeness (QED) is 0.870. The zero-order valence-corrected chi connectivity index (χ0v) is 12.9. The molecule has 0 radical (unpaired) electrons. The number of aromatic nitrogens is 3. The predicted octanol–water partition coefficient (Wildman–Crippen LogP) is 2.66. The molecule has 1 saturated heterocycles. The summed E-state index contributed by atoms with van der Waals surface area (Å²) >= 11 is 0. The molecule has 0 atom stereocenters. The fourth-order valence-electron chi connectivity index (χ4n) is 2.95. The number of rotatable bonds is 3. The minimum Gasteiger partial charge on any atom is -0.355 e. The molecule has 0 N–H and O–H groups in total. The van der Waals surface area contributed by atoms with Crippen LogP contribution >= 0.6 is 0 Å². The van der Waals surface area contributed by atoms with Crippen LogP contribution in [0.15, 0.2) is 18.5 Å². The summed E-state index contributed by atoms with van der Waals surface area (Å²) in [5, 5.41) is 4.61. The van der Waals surface area contributed by atoms with Crippen LogP contribution in [-0.2, 0) is 4.79 Å². The number of Topliss-reactive ketones (excluding diaryl/α,β-unsaturated/α-hetero) is 1. The van der Waals surface area contributed by atoms with E-state index >= 15 is 0 Å². The van der Waals surface area contributed by atoms with E-state index in [1.54, 1.807) is 13.1 Å². The lowest BCUT2D eigenvalue weighted by Gasteiger charge is -2.31. The third-order valence-corrected chi connectivity index (χ3v) is 4.35. The Bertz CT molecular complexity index is 653. The standard InChI is InChI=1S/C16H22N4O/c1-11(2)14-10-15-16(17-6-9-20(15)18-14)19-7-4-13(5-8-19)12(3)21/h6,9-11,13H,4-5,7-8H2,1-3H3. The molecule has 0 spiro atoms. The summed E-state index contributed by atoms with van der Waals surface area (Å²) in [5.74, 6) is 1.92. The average Bonchev–Trinajstić information content (AvgIpc) is 2.91. The van der Waals surface area contributed by atoms with Gasteiger partial charge in [0.25, 0.3) is 0 Å². The van der Waals surface area contributed by atoms with Crippen molar-refractivity contribution in [2.24, 2.45) is 5.92 Å². The van der Waals surface area contributed by atoms with Crippen LogP contribution in [0.5, 0.6) is 0 Å². The molecule has 0 saturated carbocycles. The Labute approximate surface area is 125 Å². The van der Waals surface area contributed by atoms with Gasteiger partial charge in [0.05, 0.1) is 5.69 Å². The van der Waals surface area contributed by atoms with E-state index < -0.39 is 0 Å². The highest BCUT2D eigenvalue weighted by Crippen LogP contribution is 2.27. The molecular formula is C16H22N4O. The first-order chi connectivity index (χ1) is 10.1. The van der Waals surface area contributed by atoms with Gasteiger partial charge < -0.3 is 4.90 Å². The van der Waals surface area contributed by atoms with Crippen molar-refractivity contribution >= 4 is 17.1 Å². The first-order valence-corrected chi connectivity index (χ1v) is 7.66. The van der Waals surface area contributed by atoms with Crippen molar-refractivity contribution in [1.29, 1.82) is 0 Å². The van der Waals surface area contributed by atoms with Crippen LogP contribution in [0.25, 0.3) is 5.52 Å². The first-order valence-electron chi connectivity index (χ1n) is 7.66. The van der Waals surface area contributed by atoms with Gasteiger partial charge in [-0.05, 0) is 31.7 Å². The Hall–Kier alpha value is -1.91. The van der Waals surface area contributed by atoms with Crippen molar-refractivity contribution < 1.29 is 4.79 Å². The molecule has 0 unspecified atom stereocenters. The summed E-state index contributed by atoms with van der Waals surface area (Å²) in [6, 6.07) is 2.13. The molecule has 1 fully saturated rings. The SMILES string of the molecule is CC(=O)C1CCN(c2nccn3nc(C(C)C)cc23)CC1. The van der Waals surface area contributed by atoms with Gasteiger partial charge in [-0.1, -0.05) is 13.8 Å². The van der Waals surface area contributed by atoms with Gasteiger partial charge in [0.15, 0.2) is 5.82 Å². The lowest BCUT2D eigenvalue weighted by molar-refractivity contribution is -0.121. The van der Waals surface area contributed by atoms with Gasteiger partial charge in [0.1, 0.15) is 11.3 Å². The van der Waals surface area contributed by atoms with Crippen molar-refractivity contribution in [1.82, 2.24) is 14.6 Å². The number of anilines is 1. The molecule has 1 aliphatic heterocycles.